The molecule has 196 valence electrons. The lowest BCUT2D eigenvalue weighted by Gasteiger charge is -2.31. The monoisotopic (exact) mass is 502 g/mol. The largest absolute Gasteiger partial charge is 0.497 e. The molecule has 37 heavy (non-hydrogen) atoms. The number of benzene rings is 3. The maximum Gasteiger partial charge on any atom is 0.261 e. The number of nitrogens with one attached hydrogen (secondary N) is 1. The van der Waals surface area contributed by atoms with Crippen molar-refractivity contribution in [3.05, 3.63) is 94.5 Å². The Hall–Kier alpha value is -3.80. The fraction of sp³-hybridized carbons (Fsp3) is 0.355. The second-order valence-electron chi connectivity index (χ2n) is 9.36. The molecule has 3 rings (SSSR count). The molecule has 0 aliphatic heterocycles. The predicted octanol–water partition coefficient (Wildman–Crippen LogP) is 5.17. The lowest BCUT2D eigenvalue weighted by molar-refractivity contribution is -0.142. The van der Waals surface area contributed by atoms with Crippen LogP contribution < -0.4 is 14.8 Å². The molecular formula is C31H38N2O4. The fourth-order valence-electron chi connectivity index (χ4n) is 4.26. The smallest absolute Gasteiger partial charge is 0.261 e. The molecule has 1 N–H and O–H groups in total. The summed E-state index contributed by atoms with van der Waals surface area (Å²) in [5.74, 6) is 0.947. The van der Waals surface area contributed by atoms with Crippen LogP contribution in [-0.4, -0.2) is 43.0 Å². The van der Waals surface area contributed by atoms with E-state index in [4.69, 9.17) is 9.47 Å². The van der Waals surface area contributed by atoms with Crippen molar-refractivity contribution < 1.29 is 19.1 Å². The number of hydrogen-bond acceptors (Lipinski definition) is 4. The average molecular weight is 503 g/mol. The molecule has 1 atom stereocenters. The lowest BCUT2D eigenvalue weighted by Crippen LogP contribution is -2.51. The number of hydrogen-bond donors (Lipinski definition) is 1. The number of methoxy groups -OCH3 is 1. The van der Waals surface area contributed by atoms with Crippen LogP contribution in [-0.2, 0) is 22.6 Å². The third-order valence-corrected chi connectivity index (χ3v) is 6.42. The molecule has 2 amide bonds. The minimum absolute atomic E-state index is 0.167. The van der Waals surface area contributed by atoms with Crippen molar-refractivity contribution in [3.63, 3.8) is 0 Å². The summed E-state index contributed by atoms with van der Waals surface area (Å²) >= 11 is 0. The molecule has 0 spiro atoms. The molecule has 6 heteroatoms. The molecular weight excluding hydrogens is 464 g/mol. The van der Waals surface area contributed by atoms with Gasteiger partial charge in [-0.05, 0) is 73.2 Å². The number of amides is 2. The van der Waals surface area contributed by atoms with Gasteiger partial charge in [-0.3, -0.25) is 9.59 Å². The van der Waals surface area contributed by atoms with E-state index >= 15 is 0 Å². The van der Waals surface area contributed by atoms with Gasteiger partial charge in [-0.2, -0.15) is 0 Å². The van der Waals surface area contributed by atoms with E-state index in [2.05, 4.69) is 11.4 Å². The Bertz CT molecular complexity index is 1190. The highest BCUT2D eigenvalue weighted by Crippen LogP contribution is 2.24. The molecule has 3 aromatic carbocycles. The van der Waals surface area contributed by atoms with Gasteiger partial charge in [0.05, 0.1) is 7.11 Å². The Kier molecular flexibility index (Phi) is 10.1. The molecule has 1 unspecified atom stereocenters. The third-order valence-electron chi connectivity index (χ3n) is 6.42. The van der Waals surface area contributed by atoms with Crippen molar-refractivity contribution in [1.29, 1.82) is 0 Å². The summed E-state index contributed by atoms with van der Waals surface area (Å²) < 4.78 is 11.4. The molecule has 0 heterocycles. The van der Waals surface area contributed by atoms with Crippen molar-refractivity contribution in [2.24, 2.45) is 0 Å². The van der Waals surface area contributed by atoms with Gasteiger partial charge in [0.15, 0.2) is 6.61 Å². The first-order chi connectivity index (χ1) is 17.8. The van der Waals surface area contributed by atoms with Crippen LogP contribution in [0.1, 0.15) is 41.2 Å². The number of aryl methyl sites for hydroxylation is 2. The fourth-order valence-corrected chi connectivity index (χ4v) is 4.26. The first-order valence-electron chi connectivity index (χ1n) is 12.8. The number of rotatable bonds is 12. The van der Waals surface area contributed by atoms with Gasteiger partial charge in [-0.15, -0.1) is 0 Å². The summed E-state index contributed by atoms with van der Waals surface area (Å²) in [7, 11) is 1.61. The molecule has 0 bridgehead atoms. The van der Waals surface area contributed by atoms with Gasteiger partial charge >= 0.3 is 0 Å². The summed E-state index contributed by atoms with van der Waals surface area (Å²) in [6.45, 7) is 8.65. The summed E-state index contributed by atoms with van der Waals surface area (Å²) in [5, 5.41) is 3.00. The van der Waals surface area contributed by atoms with E-state index in [9.17, 15) is 9.59 Å². The molecule has 0 aliphatic carbocycles. The molecule has 0 aliphatic rings. The molecule has 0 saturated carbocycles. The van der Waals surface area contributed by atoms with Gasteiger partial charge in [0.1, 0.15) is 17.5 Å². The van der Waals surface area contributed by atoms with Crippen molar-refractivity contribution in [2.75, 3.05) is 20.3 Å². The van der Waals surface area contributed by atoms with Crippen LogP contribution in [0.4, 0.5) is 0 Å². The number of nitrogens with zero attached hydrogens (tertiary/aromatic N) is 1. The summed E-state index contributed by atoms with van der Waals surface area (Å²) in [4.78, 5) is 28.8. The van der Waals surface area contributed by atoms with Gasteiger partial charge in [0, 0.05) is 19.5 Å². The van der Waals surface area contributed by atoms with E-state index < -0.39 is 6.04 Å². The predicted molar refractivity (Wildman–Crippen MR) is 147 cm³/mol. The van der Waals surface area contributed by atoms with E-state index in [0.717, 1.165) is 34.2 Å². The molecule has 0 radical (unpaired) electrons. The van der Waals surface area contributed by atoms with Crippen LogP contribution in [0.25, 0.3) is 0 Å². The van der Waals surface area contributed by atoms with E-state index in [-0.39, 0.29) is 25.0 Å². The lowest BCUT2D eigenvalue weighted by atomic mass is 10.0. The Morgan fingerprint density at radius 3 is 2.38 bits per heavy atom. The standard InChI is InChI=1S/C31H38N2O4/c1-6-15-32-31(35)28(19-25-11-8-7-9-12-25)33(20-26-13-10-14-27(18-26)36-5)30(34)21-37-29-17-22(2)16-23(3)24(29)4/h7-14,16-18,28H,6,15,19-21H2,1-5H3,(H,32,35). The van der Waals surface area contributed by atoms with Crippen molar-refractivity contribution in [1.82, 2.24) is 10.2 Å². The van der Waals surface area contributed by atoms with Gasteiger partial charge in [-0.25, -0.2) is 0 Å². The highest BCUT2D eigenvalue weighted by molar-refractivity contribution is 5.88. The zero-order valence-corrected chi connectivity index (χ0v) is 22.5. The van der Waals surface area contributed by atoms with Gasteiger partial charge in [0.2, 0.25) is 5.91 Å². The van der Waals surface area contributed by atoms with Gasteiger partial charge in [0.25, 0.3) is 5.91 Å². The number of carbonyl (C=O) groups excluding carboxylic acids is 2. The summed E-state index contributed by atoms with van der Waals surface area (Å²) in [5.41, 5.74) is 5.03. The van der Waals surface area contributed by atoms with Gasteiger partial charge < -0.3 is 19.7 Å². The number of carbonyl (C=O) groups is 2. The minimum Gasteiger partial charge on any atom is -0.497 e. The van der Waals surface area contributed by atoms with Crippen LogP contribution in [0.15, 0.2) is 66.7 Å². The maximum absolute atomic E-state index is 13.8. The second-order valence-corrected chi connectivity index (χ2v) is 9.36. The molecule has 0 saturated heterocycles. The van der Waals surface area contributed by atoms with Crippen molar-refractivity contribution in [3.8, 4) is 11.5 Å². The SMILES string of the molecule is CCCNC(=O)C(Cc1ccccc1)N(Cc1cccc(OC)c1)C(=O)COc1cc(C)cc(C)c1C. The summed E-state index contributed by atoms with van der Waals surface area (Å²) in [6.07, 6.45) is 1.21. The van der Waals surface area contributed by atoms with E-state index in [1.165, 1.54) is 0 Å². The highest BCUT2D eigenvalue weighted by atomic mass is 16.5. The first-order valence-corrected chi connectivity index (χ1v) is 12.8. The van der Waals surface area contributed by atoms with Crippen LogP contribution in [0.5, 0.6) is 11.5 Å². The molecule has 6 nitrogen and oxygen atoms in total. The Morgan fingerprint density at radius 2 is 1.68 bits per heavy atom. The van der Waals surface area contributed by atoms with Crippen LogP contribution in [0.2, 0.25) is 0 Å². The Morgan fingerprint density at radius 1 is 0.946 bits per heavy atom. The Balaban J connectivity index is 1.94. The first kappa shape index (κ1) is 27.8. The van der Waals surface area contributed by atoms with Gasteiger partial charge in [-0.1, -0.05) is 55.5 Å². The quantitative estimate of drug-likeness (QED) is 0.371. The number of ether oxygens (including phenoxy) is 2. The zero-order chi connectivity index (χ0) is 26.8. The molecule has 3 aromatic rings. The average Bonchev–Trinajstić information content (AvgIpc) is 2.90. The van der Waals surface area contributed by atoms with Crippen molar-refractivity contribution >= 4 is 11.8 Å². The molecule has 0 aromatic heterocycles. The highest BCUT2D eigenvalue weighted by Gasteiger charge is 2.30. The normalized spacial score (nSPS) is 11.5. The van der Waals surface area contributed by atoms with E-state index in [1.54, 1.807) is 12.0 Å². The van der Waals surface area contributed by atoms with Crippen LogP contribution >= 0.6 is 0 Å². The third kappa shape index (κ3) is 7.84. The second kappa shape index (κ2) is 13.5. The van der Waals surface area contributed by atoms with Crippen LogP contribution in [0, 0.1) is 20.8 Å². The van der Waals surface area contributed by atoms with E-state index in [1.807, 2.05) is 88.4 Å². The Labute approximate surface area is 220 Å². The minimum atomic E-state index is -0.698. The maximum atomic E-state index is 13.8. The van der Waals surface area contributed by atoms with E-state index in [0.29, 0.717) is 24.5 Å². The topological polar surface area (TPSA) is 67.9 Å². The molecule has 0 fully saturated rings. The van der Waals surface area contributed by atoms with Crippen LogP contribution in [0.3, 0.4) is 0 Å². The summed E-state index contributed by atoms with van der Waals surface area (Å²) in [6, 6.07) is 20.7. The zero-order valence-electron chi connectivity index (χ0n) is 22.5. The van der Waals surface area contributed by atoms with Crippen molar-refractivity contribution in [2.45, 2.75) is 53.1 Å².